The van der Waals surface area contributed by atoms with Crippen molar-refractivity contribution in [1.82, 2.24) is 25.3 Å². The van der Waals surface area contributed by atoms with E-state index in [1.165, 1.54) is 0 Å². The van der Waals surface area contributed by atoms with Crippen molar-refractivity contribution in [3.63, 3.8) is 0 Å². The second-order valence-corrected chi connectivity index (χ2v) is 6.47. The number of amides is 1. The van der Waals surface area contributed by atoms with E-state index < -0.39 is 0 Å². The van der Waals surface area contributed by atoms with Gasteiger partial charge in [-0.05, 0) is 29.8 Å². The lowest BCUT2D eigenvalue weighted by atomic mass is 10.1. The number of nitrogens with zero attached hydrogens (tertiary/aromatic N) is 4. The SMILES string of the molecule is COc1ccc([C@H]2Cn3nnc(C(=O)NCCc4ccccn4)c3CO2)cc1. The molecule has 3 heterocycles. The molecule has 0 bridgehead atoms. The number of aromatic nitrogens is 4. The van der Waals surface area contributed by atoms with Crippen LogP contribution in [0.5, 0.6) is 5.75 Å². The first kappa shape index (κ1) is 18.1. The summed E-state index contributed by atoms with van der Waals surface area (Å²) in [4.78, 5) is 16.7. The highest BCUT2D eigenvalue weighted by Crippen LogP contribution is 2.28. The van der Waals surface area contributed by atoms with E-state index in [1.54, 1.807) is 18.0 Å². The molecule has 4 rings (SSSR count). The molecule has 1 aliphatic rings. The van der Waals surface area contributed by atoms with Crippen LogP contribution in [-0.2, 0) is 24.3 Å². The molecule has 8 heteroatoms. The molecule has 1 amide bonds. The van der Waals surface area contributed by atoms with Gasteiger partial charge in [0.25, 0.3) is 5.91 Å². The normalized spacial score (nSPS) is 15.7. The van der Waals surface area contributed by atoms with Gasteiger partial charge in [-0.15, -0.1) is 5.10 Å². The van der Waals surface area contributed by atoms with Gasteiger partial charge in [-0.3, -0.25) is 9.78 Å². The molecule has 1 aliphatic heterocycles. The minimum atomic E-state index is -0.247. The Morgan fingerprint density at radius 1 is 1.29 bits per heavy atom. The zero-order valence-corrected chi connectivity index (χ0v) is 15.5. The molecular formula is C20H21N5O3. The number of ether oxygens (including phenoxy) is 2. The molecule has 0 unspecified atom stereocenters. The van der Waals surface area contributed by atoms with E-state index in [0.29, 0.717) is 30.9 Å². The van der Waals surface area contributed by atoms with Crippen LogP contribution in [0.15, 0.2) is 48.7 Å². The molecular weight excluding hydrogens is 358 g/mol. The Hall–Kier alpha value is -3.26. The first-order valence-electron chi connectivity index (χ1n) is 9.10. The number of methoxy groups -OCH3 is 1. The van der Waals surface area contributed by atoms with Crippen molar-refractivity contribution in [2.75, 3.05) is 13.7 Å². The van der Waals surface area contributed by atoms with E-state index in [9.17, 15) is 4.79 Å². The lowest BCUT2D eigenvalue weighted by Gasteiger charge is -2.24. The van der Waals surface area contributed by atoms with Crippen molar-refractivity contribution >= 4 is 5.91 Å². The third kappa shape index (κ3) is 3.86. The maximum absolute atomic E-state index is 12.5. The molecule has 0 aliphatic carbocycles. The quantitative estimate of drug-likeness (QED) is 0.704. The van der Waals surface area contributed by atoms with E-state index >= 15 is 0 Å². The number of benzene rings is 1. The zero-order chi connectivity index (χ0) is 19.3. The predicted octanol–water partition coefficient (Wildman–Crippen LogP) is 1.93. The molecule has 3 aromatic rings. The maximum atomic E-state index is 12.5. The number of hydrogen-bond donors (Lipinski definition) is 1. The van der Waals surface area contributed by atoms with Crippen LogP contribution >= 0.6 is 0 Å². The smallest absolute Gasteiger partial charge is 0.273 e. The van der Waals surface area contributed by atoms with Crippen LogP contribution < -0.4 is 10.1 Å². The Morgan fingerprint density at radius 3 is 2.89 bits per heavy atom. The predicted molar refractivity (Wildman–Crippen MR) is 101 cm³/mol. The summed E-state index contributed by atoms with van der Waals surface area (Å²) in [5.74, 6) is 0.550. The second-order valence-electron chi connectivity index (χ2n) is 6.47. The van der Waals surface area contributed by atoms with Crippen LogP contribution in [0.1, 0.15) is 33.5 Å². The number of fused-ring (bicyclic) bond motifs is 1. The Labute approximate surface area is 162 Å². The van der Waals surface area contributed by atoms with Crippen LogP contribution in [0, 0.1) is 0 Å². The summed E-state index contributed by atoms with van der Waals surface area (Å²) in [6, 6.07) is 13.5. The van der Waals surface area contributed by atoms with Gasteiger partial charge in [0.15, 0.2) is 5.69 Å². The van der Waals surface area contributed by atoms with Gasteiger partial charge in [0.1, 0.15) is 11.9 Å². The third-order valence-corrected chi connectivity index (χ3v) is 4.69. The summed E-state index contributed by atoms with van der Waals surface area (Å²) < 4.78 is 12.9. The van der Waals surface area contributed by atoms with E-state index in [-0.39, 0.29) is 18.6 Å². The number of rotatable bonds is 6. The summed E-state index contributed by atoms with van der Waals surface area (Å²) in [5, 5.41) is 11.1. The van der Waals surface area contributed by atoms with Gasteiger partial charge < -0.3 is 14.8 Å². The fraction of sp³-hybridized carbons (Fsp3) is 0.300. The van der Waals surface area contributed by atoms with Gasteiger partial charge in [0.05, 0.1) is 26.0 Å². The second kappa shape index (κ2) is 8.18. The molecule has 0 spiro atoms. The summed E-state index contributed by atoms with van der Waals surface area (Å²) in [7, 11) is 1.64. The highest BCUT2D eigenvalue weighted by atomic mass is 16.5. The van der Waals surface area contributed by atoms with Crippen molar-refractivity contribution < 1.29 is 14.3 Å². The van der Waals surface area contributed by atoms with Crippen LogP contribution in [0.3, 0.4) is 0 Å². The molecule has 0 radical (unpaired) electrons. The summed E-state index contributed by atoms with van der Waals surface area (Å²) >= 11 is 0. The number of hydrogen-bond acceptors (Lipinski definition) is 6. The molecule has 0 saturated carbocycles. The van der Waals surface area contributed by atoms with Crippen molar-refractivity contribution in [2.45, 2.75) is 25.7 Å². The Bertz CT molecular complexity index is 940. The molecule has 144 valence electrons. The summed E-state index contributed by atoms with van der Waals surface area (Å²) in [6.45, 7) is 1.28. The third-order valence-electron chi connectivity index (χ3n) is 4.69. The fourth-order valence-corrected chi connectivity index (χ4v) is 3.14. The molecule has 1 N–H and O–H groups in total. The Kier molecular flexibility index (Phi) is 5.29. The average molecular weight is 379 g/mol. The van der Waals surface area contributed by atoms with E-state index in [2.05, 4.69) is 20.6 Å². The van der Waals surface area contributed by atoms with Gasteiger partial charge in [0.2, 0.25) is 0 Å². The molecule has 2 aromatic heterocycles. The molecule has 1 atom stereocenters. The van der Waals surface area contributed by atoms with E-state index in [4.69, 9.17) is 9.47 Å². The minimum absolute atomic E-state index is 0.139. The van der Waals surface area contributed by atoms with Crippen LogP contribution in [0.25, 0.3) is 0 Å². The lowest BCUT2D eigenvalue weighted by Crippen LogP contribution is -2.29. The molecule has 8 nitrogen and oxygen atoms in total. The largest absolute Gasteiger partial charge is 0.497 e. The van der Waals surface area contributed by atoms with Gasteiger partial charge in [-0.1, -0.05) is 23.4 Å². The first-order chi connectivity index (χ1) is 13.7. The zero-order valence-electron chi connectivity index (χ0n) is 15.5. The Morgan fingerprint density at radius 2 is 2.14 bits per heavy atom. The average Bonchev–Trinajstić information content (AvgIpc) is 3.18. The highest BCUT2D eigenvalue weighted by Gasteiger charge is 2.27. The molecule has 0 fully saturated rings. The van der Waals surface area contributed by atoms with Gasteiger partial charge in [-0.2, -0.15) is 0 Å². The molecule has 0 saturated heterocycles. The van der Waals surface area contributed by atoms with Crippen molar-refractivity contribution in [1.29, 1.82) is 0 Å². The van der Waals surface area contributed by atoms with Gasteiger partial charge >= 0.3 is 0 Å². The number of pyridine rings is 1. The van der Waals surface area contributed by atoms with Gasteiger partial charge in [-0.25, -0.2) is 4.68 Å². The number of carbonyl (C=O) groups excluding carboxylic acids is 1. The van der Waals surface area contributed by atoms with Crippen molar-refractivity contribution in [2.24, 2.45) is 0 Å². The number of nitrogens with one attached hydrogen (secondary N) is 1. The summed E-state index contributed by atoms with van der Waals surface area (Å²) in [5.41, 5.74) is 2.97. The molecule has 28 heavy (non-hydrogen) atoms. The number of carbonyl (C=O) groups is 1. The van der Waals surface area contributed by atoms with Crippen LogP contribution in [-0.4, -0.2) is 39.5 Å². The first-order valence-corrected chi connectivity index (χ1v) is 9.10. The van der Waals surface area contributed by atoms with E-state index in [1.807, 2.05) is 42.5 Å². The fourth-order valence-electron chi connectivity index (χ4n) is 3.14. The highest BCUT2D eigenvalue weighted by molar-refractivity contribution is 5.93. The maximum Gasteiger partial charge on any atom is 0.273 e. The standard InChI is InChI=1S/C20H21N5O3/c1-27-16-7-5-14(6-8-16)18-12-25-17(13-28-18)19(23-24-25)20(26)22-11-9-15-4-2-3-10-21-15/h2-8,10,18H,9,11-13H2,1H3,(H,22,26)/t18-/m1/s1. The van der Waals surface area contributed by atoms with Crippen molar-refractivity contribution in [3.05, 3.63) is 71.3 Å². The van der Waals surface area contributed by atoms with Crippen LogP contribution in [0.2, 0.25) is 0 Å². The molecule has 1 aromatic carbocycles. The lowest BCUT2D eigenvalue weighted by molar-refractivity contribution is -0.00179. The van der Waals surface area contributed by atoms with Gasteiger partial charge in [0, 0.05) is 24.9 Å². The Balaban J connectivity index is 1.38. The monoisotopic (exact) mass is 379 g/mol. The summed E-state index contributed by atoms with van der Waals surface area (Å²) in [6.07, 6.45) is 2.26. The minimum Gasteiger partial charge on any atom is -0.497 e. The van der Waals surface area contributed by atoms with E-state index in [0.717, 1.165) is 17.0 Å². The topological polar surface area (TPSA) is 91.2 Å². The van der Waals surface area contributed by atoms with Crippen LogP contribution in [0.4, 0.5) is 0 Å². The van der Waals surface area contributed by atoms with Crippen molar-refractivity contribution in [3.8, 4) is 5.75 Å².